The first-order chi connectivity index (χ1) is 7.16. The molecule has 0 saturated carbocycles. The Morgan fingerprint density at radius 3 is 2.87 bits per heavy atom. The van der Waals surface area contributed by atoms with Crippen molar-refractivity contribution in [3.63, 3.8) is 0 Å². The van der Waals surface area contributed by atoms with Gasteiger partial charge in [0.1, 0.15) is 0 Å². The number of pyridine rings is 1. The van der Waals surface area contributed by atoms with E-state index in [-0.39, 0.29) is 11.9 Å². The van der Waals surface area contributed by atoms with E-state index in [2.05, 4.69) is 10.3 Å². The molecule has 0 radical (unpaired) electrons. The predicted octanol–water partition coefficient (Wildman–Crippen LogP) is 0.836. The summed E-state index contributed by atoms with van der Waals surface area (Å²) < 4.78 is 0. The number of anilines is 1. The van der Waals surface area contributed by atoms with Crippen LogP contribution in [0.2, 0.25) is 0 Å². The molecule has 0 aliphatic carbocycles. The number of hydrogen-bond acceptors (Lipinski definition) is 3. The fraction of sp³-hybridized carbons (Fsp3) is 0.300. The van der Waals surface area contributed by atoms with Gasteiger partial charge in [0.05, 0.1) is 11.9 Å². The summed E-state index contributed by atoms with van der Waals surface area (Å²) in [5, 5.41) is 2.27. The minimum absolute atomic E-state index is 0.225. The normalized spacial score (nSPS) is 16.5. The molecule has 1 aromatic rings. The molecule has 5 heteroatoms. The van der Waals surface area contributed by atoms with Crippen LogP contribution in [0.15, 0.2) is 18.5 Å². The topological polar surface area (TPSA) is 62.3 Å². The van der Waals surface area contributed by atoms with Crippen LogP contribution in [0.5, 0.6) is 0 Å². The van der Waals surface area contributed by atoms with Crippen molar-refractivity contribution in [2.45, 2.75) is 13.3 Å². The first-order valence-corrected chi connectivity index (χ1v) is 4.70. The van der Waals surface area contributed by atoms with Gasteiger partial charge in [0, 0.05) is 19.2 Å². The van der Waals surface area contributed by atoms with E-state index in [0.717, 1.165) is 11.3 Å². The van der Waals surface area contributed by atoms with Gasteiger partial charge in [-0.2, -0.15) is 0 Å². The predicted molar refractivity (Wildman–Crippen MR) is 54.5 cm³/mol. The second-order valence-corrected chi connectivity index (χ2v) is 3.48. The molecular formula is C10H11N3O2. The Labute approximate surface area is 87.1 Å². The Bertz CT molecular complexity index is 417. The van der Waals surface area contributed by atoms with Crippen LogP contribution in [-0.2, 0) is 4.79 Å². The van der Waals surface area contributed by atoms with Crippen molar-refractivity contribution in [3.05, 3.63) is 24.0 Å². The van der Waals surface area contributed by atoms with E-state index in [1.54, 1.807) is 12.4 Å². The number of rotatable bonds is 1. The number of amides is 3. The third-order valence-electron chi connectivity index (χ3n) is 2.23. The maximum Gasteiger partial charge on any atom is 0.328 e. The Morgan fingerprint density at radius 1 is 1.40 bits per heavy atom. The number of urea groups is 1. The molecule has 0 spiro atoms. The van der Waals surface area contributed by atoms with Crippen LogP contribution in [0, 0.1) is 6.92 Å². The molecule has 78 valence electrons. The van der Waals surface area contributed by atoms with E-state index in [0.29, 0.717) is 13.0 Å². The van der Waals surface area contributed by atoms with E-state index < -0.39 is 0 Å². The lowest BCUT2D eigenvalue weighted by molar-refractivity contribution is -0.120. The molecule has 2 heterocycles. The van der Waals surface area contributed by atoms with Gasteiger partial charge in [0.2, 0.25) is 5.91 Å². The molecule has 1 aliphatic heterocycles. The Morgan fingerprint density at radius 2 is 2.20 bits per heavy atom. The van der Waals surface area contributed by atoms with Crippen molar-refractivity contribution < 1.29 is 9.59 Å². The molecule has 5 nitrogen and oxygen atoms in total. The first-order valence-electron chi connectivity index (χ1n) is 4.70. The van der Waals surface area contributed by atoms with E-state index in [1.165, 1.54) is 4.90 Å². The largest absolute Gasteiger partial charge is 0.328 e. The van der Waals surface area contributed by atoms with Crippen molar-refractivity contribution in [2.75, 3.05) is 11.4 Å². The van der Waals surface area contributed by atoms with Gasteiger partial charge < -0.3 is 0 Å². The average molecular weight is 205 g/mol. The monoisotopic (exact) mass is 205 g/mol. The maximum atomic E-state index is 11.5. The molecular weight excluding hydrogens is 194 g/mol. The molecule has 1 aromatic heterocycles. The lowest BCUT2D eigenvalue weighted by Gasteiger charge is -2.26. The van der Waals surface area contributed by atoms with Crippen LogP contribution in [-0.4, -0.2) is 23.5 Å². The zero-order valence-electron chi connectivity index (χ0n) is 8.36. The minimum Gasteiger partial charge on any atom is -0.292 e. The Kier molecular flexibility index (Phi) is 2.37. The highest BCUT2D eigenvalue weighted by molar-refractivity contribution is 6.05. The van der Waals surface area contributed by atoms with Crippen LogP contribution in [0.25, 0.3) is 0 Å². The Balaban J connectivity index is 2.24. The molecule has 1 aliphatic rings. The number of imide groups is 1. The van der Waals surface area contributed by atoms with Crippen LogP contribution < -0.4 is 10.2 Å². The van der Waals surface area contributed by atoms with E-state index >= 15 is 0 Å². The SMILES string of the molecule is Cc1cncc(N2CCC(=O)NC2=O)c1. The second kappa shape index (κ2) is 3.68. The maximum absolute atomic E-state index is 11.5. The number of aromatic nitrogens is 1. The number of nitrogens with zero attached hydrogens (tertiary/aromatic N) is 2. The van der Waals surface area contributed by atoms with Gasteiger partial charge in [-0.1, -0.05) is 0 Å². The van der Waals surface area contributed by atoms with Crippen LogP contribution in [0.1, 0.15) is 12.0 Å². The average Bonchev–Trinajstić information content (AvgIpc) is 2.17. The van der Waals surface area contributed by atoms with Crippen LogP contribution in [0.3, 0.4) is 0 Å². The molecule has 0 aromatic carbocycles. The summed E-state index contributed by atoms with van der Waals surface area (Å²) >= 11 is 0. The molecule has 0 atom stereocenters. The molecule has 15 heavy (non-hydrogen) atoms. The zero-order chi connectivity index (χ0) is 10.8. The van der Waals surface area contributed by atoms with E-state index in [9.17, 15) is 9.59 Å². The molecule has 1 saturated heterocycles. The smallest absolute Gasteiger partial charge is 0.292 e. The van der Waals surface area contributed by atoms with Gasteiger partial charge in [-0.25, -0.2) is 4.79 Å². The highest BCUT2D eigenvalue weighted by Crippen LogP contribution is 2.16. The minimum atomic E-state index is -0.376. The molecule has 3 amide bonds. The fourth-order valence-electron chi connectivity index (χ4n) is 1.50. The number of carbonyl (C=O) groups excluding carboxylic acids is 2. The van der Waals surface area contributed by atoms with Gasteiger partial charge in [-0.05, 0) is 18.6 Å². The highest BCUT2D eigenvalue weighted by atomic mass is 16.2. The summed E-state index contributed by atoms with van der Waals surface area (Å²) in [6, 6.07) is 1.49. The summed E-state index contributed by atoms with van der Waals surface area (Å²) in [4.78, 5) is 27.9. The number of carbonyl (C=O) groups is 2. The summed E-state index contributed by atoms with van der Waals surface area (Å²) in [5.74, 6) is -0.225. The van der Waals surface area contributed by atoms with Crippen molar-refractivity contribution in [1.82, 2.24) is 10.3 Å². The van der Waals surface area contributed by atoms with E-state index in [4.69, 9.17) is 0 Å². The lowest BCUT2D eigenvalue weighted by atomic mass is 10.2. The molecule has 1 N–H and O–H groups in total. The summed E-state index contributed by atoms with van der Waals surface area (Å²) in [7, 11) is 0. The second-order valence-electron chi connectivity index (χ2n) is 3.48. The number of hydrogen-bond donors (Lipinski definition) is 1. The van der Waals surface area contributed by atoms with E-state index in [1.807, 2.05) is 13.0 Å². The number of nitrogens with one attached hydrogen (secondary N) is 1. The number of aryl methyl sites for hydroxylation is 1. The standard InChI is InChI=1S/C10H11N3O2/c1-7-4-8(6-11-5-7)13-3-2-9(14)12-10(13)15/h4-6H,2-3H2,1H3,(H,12,14,15). The lowest BCUT2D eigenvalue weighted by Crippen LogP contribution is -2.49. The highest BCUT2D eigenvalue weighted by Gasteiger charge is 2.24. The third kappa shape index (κ3) is 1.96. The van der Waals surface area contributed by atoms with Crippen molar-refractivity contribution in [2.24, 2.45) is 0 Å². The van der Waals surface area contributed by atoms with Gasteiger partial charge in [0.25, 0.3) is 0 Å². The molecule has 1 fully saturated rings. The van der Waals surface area contributed by atoms with Crippen LogP contribution >= 0.6 is 0 Å². The zero-order valence-corrected chi connectivity index (χ0v) is 8.36. The van der Waals surface area contributed by atoms with Crippen LogP contribution in [0.4, 0.5) is 10.5 Å². The fourth-order valence-corrected chi connectivity index (χ4v) is 1.50. The summed E-state index contributed by atoms with van der Waals surface area (Å²) in [5.41, 5.74) is 1.71. The van der Waals surface area contributed by atoms with Crippen molar-refractivity contribution in [1.29, 1.82) is 0 Å². The Hall–Kier alpha value is -1.91. The summed E-state index contributed by atoms with van der Waals surface area (Å²) in [6.07, 6.45) is 3.67. The van der Waals surface area contributed by atoms with Gasteiger partial charge in [-0.3, -0.25) is 20.0 Å². The molecule has 2 rings (SSSR count). The third-order valence-corrected chi connectivity index (χ3v) is 2.23. The van der Waals surface area contributed by atoms with Crippen molar-refractivity contribution >= 4 is 17.6 Å². The van der Waals surface area contributed by atoms with Gasteiger partial charge in [0.15, 0.2) is 0 Å². The van der Waals surface area contributed by atoms with Gasteiger partial charge in [-0.15, -0.1) is 0 Å². The van der Waals surface area contributed by atoms with Gasteiger partial charge >= 0.3 is 6.03 Å². The quantitative estimate of drug-likeness (QED) is 0.738. The molecule has 0 unspecified atom stereocenters. The summed E-state index contributed by atoms with van der Waals surface area (Å²) in [6.45, 7) is 2.32. The first kappa shape index (κ1) is 9.64. The van der Waals surface area contributed by atoms with Crippen molar-refractivity contribution in [3.8, 4) is 0 Å². The molecule has 0 bridgehead atoms.